The SMILES string of the molecule is COc1ccc(/C=C/C(=O)N2CC[NH+](Cc3cccc(C)c3)CC2)c(OC)c1. The zero-order chi connectivity index (χ0) is 19.9. The molecular weight excluding hydrogens is 352 g/mol. The maximum Gasteiger partial charge on any atom is 0.246 e. The standard InChI is InChI=1S/C23H28N2O3/c1-18-5-4-6-19(15-18)17-24-11-13-25(14-12-24)23(26)10-8-20-7-9-21(27-2)16-22(20)28-3/h4-10,15-16H,11-14,17H2,1-3H3/p+1/b10-8+. The molecule has 5 heteroatoms. The summed E-state index contributed by atoms with van der Waals surface area (Å²) < 4.78 is 10.6. The molecule has 0 aliphatic carbocycles. The van der Waals surface area contributed by atoms with Gasteiger partial charge in [-0.05, 0) is 25.1 Å². The molecule has 0 atom stereocenters. The molecule has 1 fully saturated rings. The first-order valence-electron chi connectivity index (χ1n) is 9.67. The molecule has 0 aromatic heterocycles. The van der Waals surface area contributed by atoms with Gasteiger partial charge < -0.3 is 19.3 Å². The van der Waals surface area contributed by atoms with Gasteiger partial charge in [0.25, 0.3) is 0 Å². The van der Waals surface area contributed by atoms with E-state index in [1.807, 2.05) is 29.2 Å². The largest absolute Gasteiger partial charge is 0.497 e. The van der Waals surface area contributed by atoms with E-state index in [2.05, 4.69) is 31.2 Å². The summed E-state index contributed by atoms with van der Waals surface area (Å²) in [5, 5.41) is 0. The normalized spacial score (nSPS) is 15.0. The van der Waals surface area contributed by atoms with Crippen LogP contribution in [-0.2, 0) is 11.3 Å². The molecule has 0 radical (unpaired) electrons. The highest BCUT2D eigenvalue weighted by Gasteiger charge is 2.22. The van der Waals surface area contributed by atoms with Crippen molar-refractivity contribution in [2.24, 2.45) is 0 Å². The highest BCUT2D eigenvalue weighted by molar-refractivity contribution is 5.92. The van der Waals surface area contributed by atoms with Gasteiger partial charge in [-0.15, -0.1) is 0 Å². The summed E-state index contributed by atoms with van der Waals surface area (Å²) in [4.78, 5) is 16.0. The second-order valence-corrected chi connectivity index (χ2v) is 7.18. The fraction of sp³-hybridized carbons (Fsp3) is 0.348. The maximum atomic E-state index is 12.6. The van der Waals surface area contributed by atoms with E-state index in [4.69, 9.17) is 9.47 Å². The minimum atomic E-state index is 0.0486. The smallest absolute Gasteiger partial charge is 0.246 e. The first-order chi connectivity index (χ1) is 13.6. The number of benzene rings is 2. The molecule has 1 aliphatic heterocycles. The molecule has 3 rings (SSSR count). The number of amides is 1. The van der Waals surface area contributed by atoms with Gasteiger partial charge in [0.1, 0.15) is 18.0 Å². The molecule has 1 amide bonds. The molecule has 148 valence electrons. The molecule has 28 heavy (non-hydrogen) atoms. The van der Waals surface area contributed by atoms with Crippen molar-refractivity contribution in [1.82, 2.24) is 4.90 Å². The Morgan fingerprint density at radius 3 is 2.57 bits per heavy atom. The summed E-state index contributed by atoms with van der Waals surface area (Å²) in [5.41, 5.74) is 3.52. The number of nitrogens with one attached hydrogen (secondary N) is 1. The van der Waals surface area contributed by atoms with E-state index < -0.39 is 0 Å². The van der Waals surface area contributed by atoms with E-state index in [0.29, 0.717) is 5.75 Å². The van der Waals surface area contributed by atoms with Gasteiger partial charge in [0.2, 0.25) is 5.91 Å². The van der Waals surface area contributed by atoms with Gasteiger partial charge in [-0.3, -0.25) is 4.79 Å². The fourth-order valence-corrected chi connectivity index (χ4v) is 3.55. The number of piperazine rings is 1. The fourth-order valence-electron chi connectivity index (χ4n) is 3.55. The number of aryl methyl sites for hydroxylation is 1. The molecule has 0 saturated carbocycles. The lowest BCUT2D eigenvalue weighted by molar-refractivity contribution is -0.917. The van der Waals surface area contributed by atoms with E-state index in [1.54, 1.807) is 20.3 Å². The van der Waals surface area contributed by atoms with Gasteiger partial charge in [0.05, 0.1) is 40.4 Å². The monoisotopic (exact) mass is 381 g/mol. The quantitative estimate of drug-likeness (QED) is 0.778. The van der Waals surface area contributed by atoms with Crippen molar-refractivity contribution >= 4 is 12.0 Å². The van der Waals surface area contributed by atoms with Crippen LogP contribution in [0.25, 0.3) is 6.08 Å². The molecule has 1 aliphatic rings. The average Bonchev–Trinajstić information content (AvgIpc) is 2.72. The Hall–Kier alpha value is -2.79. The van der Waals surface area contributed by atoms with Gasteiger partial charge in [0.15, 0.2) is 0 Å². The van der Waals surface area contributed by atoms with Crippen LogP contribution in [0, 0.1) is 6.92 Å². The van der Waals surface area contributed by atoms with Gasteiger partial charge in [-0.1, -0.05) is 29.8 Å². The Morgan fingerprint density at radius 1 is 1.11 bits per heavy atom. The number of carbonyl (C=O) groups is 1. The van der Waals surface area contributed by atoms with Crippen molar-refractivity contribution < 1.29 is 19.2 Å². The number of rotatable bonds is 6. The van der Waals surface area contributed by atoms with Crippen molar-refractivity contribution in [2.75, 3.05) is 40.4 Å². The maximum absolute atomic E-state index is 12.6. The number of hydrogen-bond acceptors (Lipinski definition) is 3. The molecular formula is C23H29N2O3+. The van der Waals surface area contributed by atoms with Gasteiger partial charge in [-0.2, -0.15) is 0 Å². The summed E-state index contributed by atoms with van der Waals surface area (Å²) in [6.45, 7) is 6.65. The molecule has 1 saturated heterocycles. The first-order valence-corrected chi connectivity index (χ1v) is 9.67. The summed E-state index contributed by atoms with van der Waals surface area (Å²) >= 11 is 0. The molecule has 0 spiro atoms. The van der Waals surface area contributed by atoms with Crippen LogP contribution < -0.4 is 14.4 Å². The Labute approximate surface area is 167 Å². The molecule has 1 heterocycles. The van der Waals surface area contributed by atoms with E-state index >= 15 is 0 Å². The third kappa shape index (κ3) is 5.14. The lowest BCUT2D eigenvalue weighted by Crippen LogP contribution is -3.13. The lowest BCUT2D eigenvalue weighted by Gasteiger charge is -2.31. The predicted octanol–water partition coefficient (Wildman–Crippen LogP) is 1.95. The van der Waals surface area contributed by atoms with E-state index in [-0.39, 0.29) is 5.91 Å². The summed E-state index contributed by atoms with van der Waals surface area (Å²) in [6.07, 6.45) is 3.45. The van der Waals surface area contributed by atoms with Crippen LogP contribution in [0.3, 0.4) is 0 Å². The van der Waals surface area contributed by atoms with E-state index in [0.717, 1.165) is 44.0 Å². The van der Waals surface area contributed by atoms with Crippen LogP contribution in [0.1, 0.15) is 16.7 Å². The Bertz CT molecular complexity index is 839. The van der Waals surface area contributed by atoms with Crippen LogP contribution in [0.5, 0.6) is 11.5 Å². The van der Waals surface area contributed by atoms with Crippen LogP contribution in [0.2, 0.25) is 0 Å². The number of hydrogen-bond donors (Lipinski definition) is 1. The molecule has 1 N–H and O–H groups in total. The van der Waals surface area contributed by atoms with Crippen LogP contribution in [0.4, 0.5) is 0 Å². The van der Waals surface area contributed by atoms with Crippen LogP contribution in [0.15, 0.2) is 48.5 Å². The zero-order valence-electron chi connectivity index (χ0n) is 16.9. The molecule has 5 nitrogen and oxygen atoms in total. The van der Waals surface area contributed by atoms with Crippen molar-refractivity contribution in [3.05, 3.63) is 65.2 Å². The number of nitrogens with zero attached hydrogens (tertiary/aromatic N) is 1. The number of ether oxygens (including phenoxy) is 2. The lowest BCUT2D eigenvalue weighted by atomic mass is 10.1. The Morgan fingerprint density at radius 2 is 1.89 bits per heavy atom. The average molecular weight is 381 g/mol. The third-order valence-corrected chi connectivity index (χ3v) is 5.16. The highest BCUT2D eigenvalue weighted by Crippen LogP contribution is 2.25. The van der Waals surface area contributed by atoms with E-state index in [9.17, 15) is 4.79 Å². The predicted molar refractivity (Wildman–Crippen MR) is 111 cm³/mol. The van der Waals surface area contributed by atoms with Gasteiger partial charge in [0, 0.05) is 23.3 Å². The minimum absolute atomic E-state index is 0.0486. The Balaban J connectivity index is 1.54. The number of methoxy groups -OCH3 is 2. The minimum Gasteiger partial charge on any atom is -0.497 e. The van der Waals surface area contributed by atoms with Crippen LogP contribution in [-0.4, -0.2) is 51.2 Å². The van der Waals surface area contributed by atoms with Crippen molar-refractivity contribution in [2.45, 2.75) is 13.5 Å². The van der Waals surface area contributed by atoms with Gasteiger partial charge >= 0.3 is 0 Å². The van der Waals surface area contributed by atoms with Crippen LogP contribution >= 0.6 is 0 Å². The van der Waals surface area contributed by atoms with E-state index in [1.165, 1.54) is 16.0 Å². The van der Waals surface area contributed by atoms with Crippen molar-refractivity contribution in [3.8, 4) is 11.5 Å². The Kier molecular flexibility index (Phi) is 6.71. The molecule has 2 aromatic rings. The van der Waals surface area contributed by atoms with Gasteiger partial charge in [-0.25, -0.2) is 0 Å². The topological polar surface area (TPSA) is 43.2 Å². The first kappa shape index (κ1) is 20.0. The van der Waals surface area contributed by atoms with Crippen molar-refractivity contribution in [3.63, 3.8) is 0 Å². The summed E-state index contributed by atoms with van der Waals surface area (Å²) in [6, 6.07) is 14.2. The second kappa shape index (κ2) is 9.42. The number of quaternary nitrogens is 1. The second-order valence-electron chi connectivity index (χ2n) is 7.18. The highest BCUT2D eigenvalue weighted by atomic mass is 16.5. The third-order valence-electron chi connectivity index (χ3n) is 5.16. The summed E-state index contributed by atoms with van der Waals surface area (Å²) in [5.74, 6) is 1.47. The number of carbonyl (C=O) groups excluding carboxylic acids is 1. The zero-order valence-corrected chi connectivity index (χ0v) is 16.9. The summed E-state index contributed by atoms with van der Waals surface area (Å²) in [7, 11) is 3.23. The molecule has 0 unspecified atom stereocenters. The molecule has 0 bridgehead atoms. The van der Waals surface area contributed by atoms with Crippen molar-refractivity contribution in [1.29, 1.82) is 0 Å². The molecule has 2 aromatic carbocycles.